The van der Waals surface area contributed by atoms with Gasteiger partial charge >= 0.3 is 0 Å². The van der Waals surface area contributed by atoms with Gasteiger partial charge in [-0.05, 0) is 50.5 Å². The van der Waals surface area contributed by atoms with Crippen molar-refractivity contribution in [1.82, 2.24) is 15.5 Å². The number of rotatable bonds is 5. The van der Waals surface area contributed by atoms with Crippen molar-refractivity contribution in [2.45, 2.75) is 39.2 Å². The summed E-state index contributed by atoms with van der Waals surface area (Å²) in [4.78, 5) is 14.5. The molecule has 0 aliphatic carbocycles. The summed E-state index contributed by atoms with van der Waals surface area (Å²) >= 11 is 0. The third-order valence-electron chi connectivity index (χ3n) is 4.54. The highest BCUT2D eigenvalue weighted by molar-refractivity contribution is 5.79. The largest absolute Gasteiger partial charge is 0.463 e. The van der Waals surface area contributed by atoms with Crippen LogP contribution in [0.4, 0.5) is 5.82 Å². The van der Waals surface area contributed by atoms with Crippen LogP contribution in [0.15, 0.2) is 34.9 Å². The molecule has 6 nitrogen and oxygen atoms in total. The molecule has 1 amide bonds. The van der Waals surface area contributed by atoms with E-state index in [2.05, 4.69) is 27.3 Å². The van der Waals surface area contributed by atoms with Crippen molar-refractivity contribution in [3.63, 3.8) is 0 Å². The van der Waals surface area contributed by atoms with E-state index in [0.29, 0.717) is 18.0 Å². The van der Waals surface area contributed by atoms with Gasteiger partial charge in [0.1, 0.15) is 5.69 Å². The van der Waals surface area contributed by atoms with Gasteiger partial charge in [0.15, 0.2) is 11.6 Å². The molecule has 1 aliphatic rings. The first-order valence-electron chi connectivity index (χ1n) is 8.60. The number of anilines is 1. The van der Waals surface area contributed by atoms with Crippen LogP contribution in [0, 0.1) is 5.92 Å². The zero-order chi connectivity index (χ0) is 16.9. The Morgan fingerprint density at radius 3 is 2.96 bits per heavy atom. The van der Waals surface area contributed by atoms with Crippen molar-refractivity contribution >= 4 is 11.7 Å². The molecule has 2 aromatic heterocycles. The molecule has 0 saturated carbocycles. The molecule has 1 N–H and O–H groups in total. The predicted octanol–water partition coefficient (Wildman–Crippen LogP) is 2.87. The van der Waals surface area contributed by atoms with Crippen molar-refractivity contribution < 1.29 is 9.21 Å². The number of aromatic nitrogens is 2. The van der Waals surface area contributed by atoms with Gasteiger partial charge in [-0.1, -0.05) is 6.92 Å². The fourth-order valence-corrected chi connectivity index (χ4v) is 2.91. The SMILES string of the molecule is CCC(C)NC(=O)C1CCCN(c2ccc(-c3ccco3)nn2)C1. The molecular formula is C18H24N4O2. The highest BCUT2D eigenvalue weighted by Gasteiger charge is 2.27. The number of hydrogen-bond acceptors (Lipinski definition) is 5. The molecule has 0 spiro atoms. The number of furan rings is 1. The Kier molecular flexibility index (Phi) is 5.13. The predicted molar refractivity (Wildman–Crippen MR) is 92.6 cm³/mol. The van der Waals surface area contributed by atoms with Crippen LogP contribution in [0.1, 0.15) is 33.1 Å². The van der Waals surface area contributed by atoms with E-state index in [-0.39, 0.29) is 17.9 Å². The van der Waals surface area contributed by atoms with Crippen molar-refractivity contribution in [3.05, 3.63) is 30.5 Å². The van der Waals surface area contributed by atoms with Gasteiger partial charge in [-0.2, -0.15) is 0 Å². The molecule has 0 radical (unpaired) electrons. The molecule has 1 saturated heterocycles. The third-order valence-corrected chi connectivity index (χ3v) is 4.54. The standard InChI is InChI=1S/C18H24N4O2/c1-3-13(2)19-18(23)14-6-4-10-22(12-14)17-9-8-15(20-21-17)16-7-5-11-24-16/h5,7-9,11,13-14H,3-4,6,10,12H2,1-2H3,(H,19,23). The van der Waals surface area contributed by atoms with E-state index >= 15 is 0 Å². The monoisotopic (exact) mass is 328 g/mol. The first-order chi connectivity index (χ1) is 11.7. The van der Waals surface area contributed by atoms with Crippen molar-refractivity contribution in [2.24, 2.45) is 5.92 Å². The summed E-state index contributed by atoms with van der Waals surface area (Å²) in [6.45, 7) is 5.71. The summed E-state index contributed by atoms with van der Waals surface area (Å²) in [7, 11) is 0. The summed E-state index contributed by atoms with van der Waals surface area (Å²) in [6.07, 6.45) is 4.48. The maximum atomic E-state index is 12.4. The molecule has 1 aliphatic heterocycles. The molecular weight excluding hydrogens is 304 g/mol. The van der Waals surface area contributed by atoms with Crippen molar-refractivity contribution in [3.8, 4) is 11.5 Å². The van der Waals surface area contributed by atoms with Gasteiger partial charge in [-0.15, -0.1) is 10.2 Å². The van der Waals surface area contributed by atoms with Gasteiger partial charge in [0.05, 0.1) is 12.2 Å². The van der Waals surface area contributed by atoms with Crippen molar-refractivity contribution in [2.75, 3.05) is 18.0 Å². The Balaban J connectivity index is 1.65. The van der Waals surface area contributed by atoms with E-state index in [0.717, 1.165) is 31.6 Å². The van der Waals surface area contributed by atoms with Crippen LogP contribution in [0.3, 0.4) is 0 Å². The average Bonchev–Trinajstić information content (AvgIpc) is 3.16. The second-order valence-electron chi connectivity index (χ2n) is 6.36. The highest BCUT2D eigenvalue weighted by Crippen LogP contribution is 2.23. The van der Waals surface area contributed by atoms with Crippen LogP contribution in [-0.2, 0) is 4.79 Å². The lowest BCUT2D eigenvalue weighted by atomic mass is 9.96. The van der Waals surface area contributed by atoms with Crippen LogP contribution >= 0.6 is 0 Å². The Labute approximate surface area is 142 Å². The van der Waals surface area contributed by atoms with E-state index < -0.39 is 0 Å². The molecule has 1 fully saturated rings. The fourth-order valence-electron chi connectivity index (χ4n) is 2.91. The van der Waals surface area contributed by atoms with Gasteiger partial charge < -0.3 is 14.6 Å². The molecule has 2 unspecified atom stereocenters. The number of amides is 1. The Bertz CT molecular complexity index is 654. The minimum absolute atomic E-state index is 0.0132. The first kappa shape index (κ1) is 16.5. The third kappa shape index (κ3) is 3.75. The smallest absolute Gasteiger partial charge is 0.225 e. The maximum Gasteiger partial charge on any atom is 0.225 e. The summed E-state index contributed by atoms with van der Waals surface area (Å²) < 4.78 is 5.33. The van der Waals surface area contributed by atoms with E-state index in [1.807, 2.05) is 31.2 Å². The fraction of sp³-hybridized carbons (Fsp3) is 0.500. The van der Waals surface area contributed by atoms with E-state index in [1.54, 1.807) is 6.26 Å². The summed E-state index contributed by atoms with van der Waals surface area (Å²) in [6, 6.07) is 7.76. The van der Waals surface area contributed by atoms with Crippen LogP contribution in [0.5, 0.6) is 0 Å². The summed E-state index contributed by atoms with van der Waals surface area (Å²) in [5, 5.41) is 11.6. The maximum absolute atomic E-state index is 12.4. The first-order valence-corrected chi connectivity index (χ1v) is 8.60. The van der Waals surface area contributed by atoms with Crippen LogP contribution in [0.2, 0.25) is 0 Å². The molecule has 2 aromatic rings. The van der Waals surface area contributed by atoms with E-state index in [9.17, 15) is 4.79 Å². The molecule has 0 aromatic carbocycles. The number of carbonyl (C=O) groups is 1. The molecule has 3 rings (SSSR count). The number of hydrogen-bond donors (Lipinski definition) is 1. The number of carbonyl (C=O) groups excluding carboxylic acids is 1. The van der Waals surface area contributed by atoms with Crippen molar-refractivity contribution in [1.29, 1.82) is 0 Å². The summed E-state index contributed by atoms with van der Waals surface area (Å²) in [5.74, 6) is 1.68. The topological polar surface area (TPSA) is 71.3 Å². The minimum atomic E-state index is 0.0132. The second kappa shape index (κ2) is 7.47. The molecule has 0 bridgehead atoms. The minimum Gasteiger partial charge on any atom is -0.463 e. The number of piperidine rings is 1. The van der Waals surface area contributed by atoms with E-state index in [4.69, 9.17) is 4.42 Å². The number of nitrogens with zero attached hydrogens (tertiary/aromatic N) is 3. The molecule has 2 atom stereocenters. The molecule has 6 heteroatoms. The highest BCUT2D eigenvalue weighted by atomic mass is 16.3. The van der Waals surface area contributed by atoms with Crippen LogP contribution in [-0.4, -0.2) is 35.2 Å². The Morgan fingerprint density at radius 2 is 2.29 bits per heavy atom. The van der Waals surface area contributed by atoms with Gasteiger partial charge in [0, 0.05) is 19.1 Å². The lowest BCUT2D eigenvalue weighted by Crippen LogP contribution is -2.45. The zero-order valence-corrected chi connectivity index (χ0v) is 14.2. The molecule has 3 heterocycles. The lowest BCUT2D eigenvalue weighted by Gasteiger charge is -2.33. The van der Waals surface area contributed by atoms with Crippen LogP contribution in [0.25, 0.3) is 11.5 Å². The van der Waals surface area contributed by atoms with Gasteiger partial charge in [0.25, 0.3) is 0 Å². The molecule has 24 heavy (non-hydrogen) atoms. The van der Waals surface area contributed by atoms with Gasteiger partial charge in [-0.3, -0.25) is 4.79 Å². The molecule has 128 valence electrons. The van der Waals surface area contributed by atoms with Crippen LogP contribution < -0.4 is 10.2 Å². The van der Waals surface area contributed by atoms with E-state index in [1.165, 1.54) is 0 Å². The quantitative estimate of drug-likeness (QED) is 0.914. The van der Waals surface area contributed by atoms with Gasteiger partial charge in [0.2, 0.25) is 5.91 Å². The lowest BCUT2D eigenvalue weighted by molar-refractivity contribution is -0.125. The van der Waals surface area contributed by atoms with Gasteiger partial charge in [-0.25, -0.2) is 0 Å². The normalized spacial score (nSPS) is 19.1. The second-order valence-corrected chi connectivity index (χ2v) is 6.36. The Hall–Kier alpha value is -2.37. The summed E-state index contributed by atoms with van der Waals surface area (Å²) in [5.41, 5.74) is 0.715. The number of nitrogens with one attached hydrogen (secondary N) is 1. The average molecular weight is 328 g/mol. The zero-order valence-electron chi connectivity index (χ0n) is 14.2. The Morgan fingerprint density at radius 1 is 1.42 bits per heavy atom.